The summed E-state index contributed by atoms with van der Waals surface area (Å²) >= 11 is 0. The Morgan fingerprint density at radius 2 is 2.12 bits per heavy atom. The minimum absolute atomic E-state index is 0. The summed E-state index contributed by atoms with van der Waals surface area (Å²) in [5, 5.41) is 6.45. The predicted molar refractivity (Wildman–Crippen MR) is 105 cm³/mol. The van der Waals surface area contributed by atoms with Crippen molar-refractivity contribution in [2.45, 2.75) is 52.1 Å². The van der Waals surface area contributed by atoms with Crippen LogP contribution in [0.15, 0.2) is 18.2 Å². The molecule has 140 valence electrons. The summed E-state index contributed by atoms with van der Waals surface area (Å²) < 4.78 is 0. The number of nitrogens with one attached hydrogen (secondary N) is 2. The fourth-order valence-electron chi connectivity index (χ4n) is 3.95. The number of benzene rings is 1. The van der Waals surface area contributed by atoms with Crippen LogP contribution in [-0.4, -0.2) is 43.0 Å². The summed E-state index contributed by atoms with van der Waals surface area (Å²) in [6.45, 7) is 9.45. The Bertz CT molecular complexity index is 572. The third-order valence-electron chi connectivity index (χ3n) is 5.44. The Balaban J connectivity index is 0.00000225. The molecule has 2 fully saturated rings. The van der Waals surface area contributed by atoms with Crippen molar-refractivity contribution < 1.29 is 4.79 Å². The van der Waals surface area contributed by atoms with Gasteiger partial charge in [0.15, 0.2) is 0 Å². The lowest BCUT2D eigenvalue weighted by Gasteiger charge is -2.33. The molecule has 2 aliphatic rings. The first kappa shape index (κ1) is 20.2. The van der Waals surface area contributed by atoms with Crippen LogP contribution in [-0.2, 0) is 11.3 Å². The summed E-state index contributed by atoms with van der Waals surface area (Å²) in [5.74, 6) is 0.772. The molecule has 1 aromatic rings. The van der Waals surface area contributed by atoms with Crippen LogP contribution in [0.2, 0.25) is 0 Å². The van der Waals surface area contributed by atoms with E-state index < -0.39 is 0 Å². The molecule has 1 amide bonds. The van der Waals surface area contributed by atoms with E-state index in [1.165, 1.54) is 36.1 Å². The number of hydrogen-bond acceptors (Lipinski definition) is 3. The van der Waals surface area contributed by atoms with E-state index in [0.29, 0.717) is 5.92 Å². The van der Waals surface area contributed by atoms with Crippen LogP contribution in [0.1, 0.15) is 42.4 Å². The standard InChI is InChI=1S/C20H31N3O.ClH/c1-15-7-8-16(2)18(11-15)14-23-10-4-5-17(13-23)12-22-20(24)19-6-3-9-21-19;/h7-8,11,17,19,21H,3-6,9-10,12-14H2,1-2H3,(H,22,24);1H. The van der Waals surface area contributed by atoms with Gasteiger partial charge in [0.2, 0.25) is 5.91 Å². The van der Waals surface area contributed by atoms with E-state index in [1.54, 1.807) is 0 Å². The summed E-state index contributed by atoms with van der Waals surface area (Å²) in [7, 11) is 0. The molecule has 2 N–H and O–H groups in total. The predicted octanol–water partition coefficient (Wildman–Crippen LogP) is 2.81. The van der Waals surface area contributed by atoms with E-state index in [1.807, 2.05) is 0 Å². The van der Waals surface area contributed by atoms with E-state index in [2.05, 4.69) is 47.6 Å². The molecule has 0 aliphatic carbocycles. The molecule has 2 aliphatic heterocycles. The molecule has 25 heavy (non-hydrogen) atoms. The fourth-order valence-corrected chi connectivity index (χ4v) is 3.95. The minimum atomic E-state index is 0. The zero-order valence-corrected chi connectivity index (χ0v) is 16.3. The molecule has 0 aromatic heterocycles. The van der Waals surface area contributed by atoms with Gasteiger partial charge in [-0.15, -0.1) is 12.4 Å². The van der Waals surface area contributed by atoms with Crippen molar-refractivity contribution in [1.82, 2.24) is 15.5 Å². The topological polar surface area (TPSA) is 44.4 Å². The van der Waals surface area contributed by atoms with Gasteiger partial charge < -0.3 is 10.6 Å². The van der Waals surface area contributed by atoms with Gasteiger partial charge in [0.1, 0.15) is 0 Å². The van der Waals surface area contributed by atoms with Crippen molar-refractivity contribution in [3.05, 3.63) is 34.9 Å². The van der Waals surface area contributed by atoms with Crippen molar-refractivity contribution in [3.8, 4) is 0 Å². The molecule has 4 nitrogen and oxygen atoms in total. The summed E-state index contributed by atoms with van der Waals surface area (Å²) in [6.07, 6.45) is 4.55. The average Bonchev–Trinajstić information content (AvgIpc) is 3.11. The quantitative estimate of drug-likeness (QED) is 0.843. The molecule has 0 spiro atoms. The number of aryl methyl sites for hydroxylation is 2. The molecule has 2 saturated heterocycles. The molecular weight excluding hydrogens is 334 g/mol. The molecule has 0 saturated carbocycles. The maximum absolute atomic E-state index is 12.2. The van der Waals surface area contributed by atoms with Crippen LogP contribution in [0, 0.1) is 19.8 Å². The largest absolute Gasteiger partial charge is 0.354 e. The van der Waals surface area contributed by atoms with Gasteiger partial charge in [0.25, 0.3) is 0 Å². The lowest BCUT2D eigenvalue weighted by molar-refractivity contribution is -0.123. The summed E-state index contributed by atoms with van der Waals surface area (Å²) in [5.41, 5.74) is 4.15. The lowest BCUT2D eigenvalue weighted by Crippen LogP contribution is -2.45. The van der Waals surface area contributed by atoms with Gasteiger partial charge in [-0.2, -0.15) is 0 Å². The Morgan fingerprint density at radius 1 is 1.28 bits per heavy atom. The second-order valence-corrected chi connectivity index (χ2v) is 7.57. The SMILES string of the molecule is Cc1ccc(C)c(CN2CCCC(CNC(=O)C3CCCN3)C2)c1.Cl. The first-order valence-electron chi connectivity index (χ1n) is 9.41. The maximum atomic E-state index is 12.2. The lowest BCUT2D eigenvalue weighted by atomic mass is 9.96. The number of amides is 1. The van der Waals surface area contributed by atoms with Gasteiger partial charge in [-0.3, -0.25) is 9.69 Å². The molecule has 2 heterocycles. The number of likely N-dealkylation sites (tertiary alicyclic amines) is 1. The Hall–Kier alpha value is -1.10. The molecule has 2 unspecified atom stereocenters. The third kappa shape index (κ3) is 5.70. The van der Waals surface area contributed by atoms with Crippen molar-refractivity contribution in [2.24, 2.45) is 5.92 Å². The third-order valence-corrected chi connectivity index (χ3v) is 5.44. The molecule has 3 rings (SSSR count). The molecule has 0 radical (unpaired) electrons. The summed E-state index contributed by atoms with van der Waals surface area (Å²) in [4.78, 5) is 14.7. The average molecular weight is 366 g/mol. The highest BCUT2D eigenvalue weighted by atomic mass is 35.5. The molecule has 5 heteroatoms. The first-order chi connectivity index (χ1) is 11.6. The van der Waals surface area contributed by atoms with Gasteiger partial charge in [-0.25, -0.2) is 0 Å². The van der Waals surface area contributed by atoms with Gasteiger partial charge in [0, 0.05) is 19.6 Å². The first-order valence-corrected chi connectivity index (χ1v) is 9.41. The van der Waals surface area contributed by atoms with E-state index in [9.17, 15) is 4.79 Å². The van der Waals surface area contributed by atoms with Crippen molar-refractivity contribution in [1.29, 1.82) is 0 Å². The van der Waals surface area contributed by atoms with E-state index in [-0.39, 0.29) is 24.4 Å². The number of halogens is 1. The van der Waals surface area contributed by atoms with E-state index in [0.717, 1.165) is 39.0 Å². The zero-order chi connectivity index (χ0) is 16.9. The van der Waals surface area contributed by atoms with Crippen molar-refractivity contribution in [2.75, 3.05) is 26.2 Å². The van der Waals surface area contributed by atoms with Crippen LogP contribution < -0.4 is 10.6 Å². The number of carbonyl (C=O) groups is 1. The second-order valence-electron chi connectivity index (χ2n) is 7.57. The van der Waals surface area contributed by atoms with Gasteiger partial charge in [-0.05, 0) is 69.7 Å². The highest BCUT2D eigenvalue weighted by molar-refractivity contribution is 5.85. The summed E-state index contributed by atoms with van der Waals surface area (Å²) in [6, 6.07) is 6.76. The van der Waals surface area contributed by atoms with Crippen LogP contribution in [0.4, 0.5) is 0 Å². The van der Waals surface area contributed by atoms with Gasteiger partial charge in [-0.1, -0.05) is 23.8 Å². The fraction of sp³-hybridized carbons (Fsp3) is 0.650. The molecular formula is C20H32ClN3O. The van der Waals surface area contributed by atoms with E-state index >= 15 is 0 Å². The number of piperidine rings is 1. The highest BCUT2D eigenvalue weighted by Crippen LogP contribution is 2.20. The number of nitrogens with zero attached hydrogens (tertiary/aromatic N) is 1. The van der Waals surface area contributed by atoms with Crippen LogP contribution in [0.3, 0.4) is 0 Å². The van der Waals surface area contributed by atoms with Crippen molar-refractivity contribution >= 4 is 18.3 Å². The molecule has 2 atom stereocenters. The van der Waals surface area contributed by atoms with Crippen LogP contribution in [0.5, 0.6) is 0 Å². The van der Waals surface area contributed by atoms with Crippen molar-refractivity contribution in [3.63, 3.8) is 0 Å². The Labute approximate surface area is 158 Å². The molecule has 1 aromatic carbocycles. The Morgan fingerprint density at radius 3 is 2.88 bits per heavy atom. The smallest absolute Gasteiger partial charge is 0.237 e. The maximum Gasteiger partial charge on any atom is 0.237 e. The van der Waals surface area contributed by atoms with Crippen LogP contribution >= 0.6 is 12.4 Å². The zero-order valence-electron chi connectivity index (χ0n) is 15.5. The van der Waals surface area contributed by atoms with Gasteiger partial charge >= 0.3 is 0 Å². The minimum Gasteiger partial charge on any atom is -0.354 e. The van der Waals surface area contributed by atoms with E-state index in [4.69, 9.17) is 0 Å². The monoisotopic (exact) mass is 365 g/mol. The second kappa shape index (κ2) is 9.56. The molecule has 0 bridgehead atoms. The van der Waals surface area contributed by atoms with Gasteiger partial charge in [0.05, 0.1) is 6.04 Å². The highest BCUT2D eigenvalue weighted by Gasteiger charge is 2.24. The normalized spacial score (nSPS) is 23.9. The number of hydrogen-bond donors (Lipinski definition) is 2. The number of rotatable bonds is 5. The number of carbonyl (C=O) groups excluding carboxylic acids is 1. The Kier molecular flexibility index (Phi) is 7.73. The van der Waals surface area contributed by atoms with Crippen LogP contribution in [0.25, 0.3) is 0 Å².